The number of benzene rings is 1. The van der Waals surface area contributed by atoms with Crippen LogP contribution in [0.3, 0.4) is 0 Å². The molecule has 2 amide bonds. The minimum Gasteiger partial charge on any atom is -0.508 e. The van der Waals surface area contributed by atoms with Gasteiger partial charge >= 0.3 is 0 Å². The first-order valence-corrected chi connectivity index (χ1v) is 11.8. The third-order valence-electron chi connectivity index (χ3n) is 6.63. The first-order valence-electron chi connectivity index (χ1n) is 11.8. The highest BCUT2D eigenvalue weighted by Crippen LogP contribution is 2.40. The second kappa shape index (κ2) is 12.9. The summed E-state index contributed by atoms with van der Waals surface area (Å²) in [7, 11) is 0. The molecular weight excluding hydrogens is 454 g/mol. The van der Waals surface area contributed by atoms with E-state index >= 15 is 0 Å². The predicted octanol–water partition coefficient (Wildman–Crippen LogP) is 0.489. The number of nitrogens with zero attached hydrogens (tertiary/aromatic N) is 3. The fraction of sp³-hybridized carbons (Fsp3) is 0.609. The minimum atomic E-state index is -0.803. The Hall–Kier alpha value is -3.41. The maximum atomic E-state index is 12.6. The number of carbonyl (C=O) groups is 2. The molecule has 0 radical (unpaired) electrons. The van der Waals surface area contributed by atoms with Crippen molar-refractivity contribution in [2.75, 3.05) is 32.7 Å². The van der Waals surface area contributed by atoms with E-state index < -0.39 is 11.1 Å². The van der Waals surface area contributed by atoms with Crippen LogP contribution in [0, 0.1) is 16.0 Å². The van der Waals surface area contributed by atoms with Gasteiger partial charge in [0.1, 0.15) is 11.8 Å². The van der Waals surface area contributed by atoms with E-state index in [-0.39, 0.29) is 35.5 Å². The molecule has 0 saturated carbocycles. The van der Waals surface area contributed by atoms with Crippen molar-refractivity contribution in [3.8, 4) is 5.75 Å². The molecule has 0 spiro atoms. The van der Waals surface area contributed by atoms with E-state index in [9.17, 15) is 24.8 Å². The normalized spacial score (nSPS) is 21.7. The summed E-state index contributed by atoms with van der Waals surface area (Å²) in [6.07, 6.45) is 1.68. The molecule has 0 aliphatic carbocycles. The number of nitrogens with one attached hydrogen (secondary N) is 3. The molecular formula is C23H37N7O5. The predicted molar refractivity (Wildman–Crippen MR) is 132 cm³/mol. The van der Waals surface area contributed by atoms with Gasteiger partial charge in [0.05, 0.1) is 0 Å². The molecule has 12 nitrogen and oxygen atoms in total. The minimum absolute atomic E-state index is 0.0317. The fourth-order valence-electron chi connectivity index (χ4n) is 4.41. The number of guanidine groups is 1. The lowest BCUT2D eigenvalue weighted by molar-refractivity contribution is -0.525. The van der Waals surface area contributed by atoms with Crippen LogP contribution in [-0.2, 0) is 15.0 Å². The number of likely N-dealkylation sites (tertiary alicyclic amines) is 1. The van der Waals surface area contributed by atoms with Crippen LogP contribution in [0.4, 0.5) is 0 Å². The number of phenolic OH excluding ortho intramolecular Hbond substituents is 1. The molecule has 6 N–H and O–H groups in total. The third kappa shape index (κ3) is 8.71. The first kappa shape index (κ1) is 27.8. The molecule has 0 bridgehead atoms. The van der Waals surface area contributed by atoms with Crippen molar-refractivity contribution in [2.45, 2.75) is 51.5 Å². The van der Waals surface area contributed by atoms with Crippen molar-refractivity contribution >= 4 is 17.8 Å². The first-order chi connectivity index (χ1) is 16.5. The molecule has 1 heterocycles. The second-order valence-corrected chi connectivity index (χ2v) is 9.24. The highest BCUT2D eigenvalue weighted by molar-refractivity contribution is 5.86. The van der Waals surface area contributed by atoms with Crippen molar-refractivity contribution in [1.29, 1.82) is 0 Å². The standard InChI is InChI=1S/C23H37N7O5/c1-16-15-29(12-9-23(16,3)18-6-4-7-19(32)14-18)13-11-25-21(33)20(27-17(2)31)8-5-10-26-22(24)28-30(34)35/h4,6-7,14,16,20,32H,5,8-13,15H2,1-3H3,(H,25,33)(H,27,31)(H3,24,26,28)/t16-,20?,23-/m0/s1. The number of rotatable bonds is 11. The molecule has 1 aromatic carbocycles. The zero-order chi connectivity index (χ0) is 26.0. The summed E-state index contributed by atoms with van der Waals surface area (Å²) in [5.74, 6) is -0.280. The summed E-state index contributed by atoms with van der Waals surface area (Å²) in [5.41, 5.74) is 8.22. The topological polar surface area (TPSA) is 175 Å². The molecule has 1 aliphatic rings. The van der Waals surface area contributed by atoms with Crippen LogP contribution in [-0.4, -0.2) is 71.6 Å². The summed E-state index contributed by atoms with van der Waals surface area (Å²) in [5, 5.41) is 24.9. The van der Waals surface area contributed by atoms with Crippen LogP contribution in [0.2, 0.25) is 0 Å². The number of carbonyl (C=O) groups excluding carboxylic acids is 2. The summed E-state index contributed by atoms with van der Waals surface area (Å²) in [4.78, 5) is 40.6. The molecule has 3 atom stereocenters. The van der Waals surface area contributed by atoms with Gasteiger partial charge < -0.3 is 26.4 Å². The number of nitrogens with two attached hydrogens (primary N) is 1. The molecule has 2 rings (SSSR count). The maximum absolute atomic E-state index is 12.6. The van der Waals surface area contributed by atoms with Gasteiger partial charge in [-0.3, -0.25) is 9.59 Å². The van der Waals surface area contributed by atoms with Gasteiger partial charge in [-0.15, -0.1) is 0 Å². The summed E-state index contributed by atoms with van der Waals surface area (Å²) >= 11 is 0. The van der Waals surface area contributed by atoms with Crippen LogP contribution in [0.5, 0.6) is 5.75 Å². The molecule has 35 heavy (non-hydrogen) atoms. The van der Waals surface area contributed by atoms with Crippen LogP contribution >= 0.6 is 0 Å². The van der Waals surface area contributed by atoms with Crippen LogP contribution in [0.25, 0.3) is 0 Å². The number of nitro groups is 1. The van der Waals surface area contributed by atoms with E-state index in [4.69, 9.17) is 5.73 Å². The molecule has 1 unspecified atom stereocenters. The lowest BCUT2D eigenvalue weighted by atomic mass is 9.68. The van der Waals surface area contributed by atoms with Crippen molar-refractivity contribution in [3.05, 3.63) is 39.9 Å². The lowest BCUT2D eigenvalue weighted by Crippen LogP contribution is -2.51. The SMILES string of the molecule is CC(=O)NC(CCCN=C(N)N[N+](=O)[O-])C(=O)NCCN1CC[C@](C)(c2cccc(O)c2)[C@@H](C)C1. The van der Waals surface area contributed by atoms with E-state index in [2.05, 4.69) is 40.4 Å². The molecule has 1 fully saturated rings. The maximum Gasteiger partial charge on any atom is 0.251 e. The zero-order valence-electron chi connectivity index (χ0n) is 20.6. The van der Waals surface area contributed by atoms with Crippen LogP contribution in [0.1, 0.15) is 45.6 Å². The van der Waals surface area contributed by atoms with Gasteiger partial charge in [-0.25, -0.2) is 15.1 Å². The number of aromatic hydroxyl groups is 1. The van der Waals surface area contributed by atoms with Crippen molar-refractivity contribution in [2.24, 2.45) is 16.6 Å². The van der Waals surface area contributed by atoms with Crippen LogP contribution < -0.4 is 21.8 Å². The van der Waals surface area contributed by atoms with Crippen molar-refractivity contribution < 1.29 is 19.7 Å². The van der Waals surface area contributed by atoms with E-state index in [1.165, 1.54) is 6.92 Å². The monoisotopic (exact) mass is 491 g/mol. The number of amides is 2. The Kier molecular flexibility index (Phi) is 10.2. The quantitative estimate of drug-likeness (QED) is 0.0976. The molecule has 1 saturated heterocycles. The smallest absolute Gasteiger partial charge is 0.251 e. The van der Waals surface area contributed by atoms with Gasteiger partial charge in [-0.2, -0.15) is 0 Å². The Labute approximate surface area is 205 Å². The average molecular weight is 492 g/mol. The molecule has 0 aromatic heterocycles. The summed E-state index contributed by atoms with van der Waals surface area (Å²) in [6, 6.07) is 6.74. The third-order valence-corrected chi connectivity index (χ3v) is 6.63. The largest absolute Gasteiger partial charge is 0.508 e. The molecule has 1 aliphatic heterocycles. The van der Waals surface area contributed by atoms with Crippen LogP contribution in [0.15, 0.2) is 29.3 Å². The van der Waals surface area contributed by atoms with Crippen molar-refractivity contribution in [1.82, 2.24) is 21.0 Å². The van der Waals surface area contributed by atoms with Gasteiger partial charge in [0, 0.05) is 33.1 Å². The van der Waals surface area contributed by atoms with Gasteiger partial charge in [-0.1, -0.05) is 31.4 Å². The summed E-state index contributed by atoms with van der Waals surface area (Å²) < 4.78 is 0. The summed E-state index contributed by atoms with van der Waals surface area (Å²) in [6.45, 7) is 8.84. The Balaban J connectivity index is 1.81. The second-order valence-electron chi connectivity index (χ2n) is 9.24. The molecule has 194 valence electrons. The lowest BCUT2D eigenvalue weighted by Gasteiger charge is -2.45. The number of hydrogen-bond donors (Lipinski definition) is 5. The highest BCUT2D eigenvalue weighted by Gasteiger charge is 2.38. The van der Waals surface area contributed by atoms with Gasteiger partial charge in [0.15, 0.2) is 5.03 Å². The number of piperidine rings is 1. The van der Waals surface area contributed by atoms with Crippen molar-refractivity contribution in [3.63, 3.8) is 0 Å². The van der Waals surface area contributed by atoms with E-state index in [1.807, 2.05) is 12.1 Å². The van der Waals surface area contributed by atoms with E-state index in [1.54, 1.807) is 11.5 Å². The fourth-order valence-corrected chi connectivity index (χ4v) is 4.41. The Morgan fingerprint density at radius 3 is 2.80 bits per heavy atom. The Morgan fingerprint density at radius 1 is 1.43 bits per heavy atom. The number of hydrazine groups is 1. The Bertz CT molecular complexity index is 925. The Morgan fingerprint density at radius 2 is 2.17 bits per heavy atom. The van der Waals surface area contributed by atoms with Gasteiger partial charge in [-0.05, 0) is 54.8 Å². The average Bonchev–Trinajstić information content (AvgIpc) is 2.77. The molecule has 12 heteroatoms. The van der Waals surface area contributed by atoms with E-state index in [0.717, 1.165) is 25.1 Å². The number of aliphatic imine (C=N–C) groups is 1. The highest BCUT2D eigenvalue weighted by atomic mass is 16.7. The zero-order valence-corrected chi connectivity index (χ0v) is 20.6. The number of phenols is 1. The molecule has 1 aromatic rings. The van der Waals surface area contributed by atoms with Gasteiger partial charge in [0.25, 0.3) is 5.96 Å². The van der Waals surface area contributed by atoms with Gasteiger partial charge in [0.2, 0.25) is 11.8 Å². The van der Waals surface area contributed by atoms with E-state index in [0.29, 0.717) is 31.8 Å². The number of hydrogen-bond acceptors (Lipinski definition) is 7.